The van der Waals surface area contributed by atoms with Crippen LogP contribution >= 0.6 is 0 Å². The standard InChI is InChI=1S/C8H8NO2/c1-11-8-4-2-3-7(5-8)6-9-10/h2-5,10H,1H3. The van der Waals surface area contributed by atoms with E-state index in [9.17, 15) is 0 Å². The number of ether oxygens (including phenoxy) is 1. The maximum absolute atomic E-state index is 8.16. The zero-order chi connectivity index (χ0) is 8.10. The highest BCUT2D eigenvalue weighted by Crippen LogP contribution is 2.10. The number of benzene rings is 1. The lowest BCUT2D eigenvalue weighted by molar-refractivity contribution is 0.322. The zero-order valence-electron chi connectivity index (χ0n) is 6.11. The van der Waals surface area contributed by atoms with Gasteiger partial charge in [-0.25, -0.2) is 0 Å². The first-order chi connectivity index (χ1) is 5.36. The van der Waals surface area contributed by atoms with Gasteiger partial charge in [0.1, 0.15) is 12.0 Å². The van der Waals surface area contributed by atoms with Crippen LogP contribution in [0.5, 0.6) is 5.75 Å². The van der Waals surface area contributed by atoms with Crippen LogP contribution in [0.2, 0.25) is 0 Å². The first kappa shape index (κ1) is 7.60. The molecule has 3 nitrogen and oxygen atoms in total. The predicted molar refractivity (Wildman–Crippen MR) is 41.3 cm³/mol. The van der Waals surface area contributed by atoms with Gasteiger partial charge in [0, 0.05) is 5.56 Å². The van der Waals surface area contributed by atoms with Gasteiger partial charge in [-0.1, -0.05) is 17.3 Å². The summed E-state index contributed by atoms with van der Waals surface area (Å²) in [7, 11) is 1.58. The van der Waals surface area contributed by atoms with Gasteiger partial charge >= 0.3 is 0 Å². The molecule has 0 fully saturated rings. The Bertz CT molecular complexity index is 258. The molecule has 0 unspecified atom stereocenters. The Morgan fingerprint density at radius 2 is 2.36 bits per heavy atom. The van der Waals surface area contributed by atoms with Crippen LogP contribution in [0.25, 0.3) is 0 Å². The van der Waals surface area contributed by atoms with E-state index >= 15 is 0 Å². The second-order valence-electron chi connectivity index (χ2n) is 1.94. The molecule has 0 amide bonds. The SMILES string of the molecule is COc1cccc([C]=NO)c1. The molecule has 11 heavy (non-hydrogen) atoms. The third kappa shape index (κ3) is 1.97. The van der Waals surface area contributed by atoms with Gasteiger partial charge in [-0.05, 0) is 12.1 Å². The van der Waals surface area contributed by atoms with E-state index < -0.39 is 0 Å². The first-order valence-electron chi connectivity index (χ1n) is 3.11. The van der Waals surface area contributed by atoms with E-state index in [1.807, 2.05) is 6.07 Å². The number of hydrogen-bond acceptors (Lipinski definition) is 3. The monoisotopic (exact) mass is 150 g/mol. The van der Waals surface area contributed by atoms with E-state index in [-0.39, 0.29) is 0 Å². The second-order valence-corrected chi connectivity index (χ2v) is 1.94. The van der Waals surface area contributed by atoms with Gasteiger partial charge in [-0.15, -0.1) is 0 Å². The van der Waals surface area contributed by atoms with Crippen molar-refractivity contribution in [1.29, 1.82) is 0 Å². The maximum atomic E-state index is 8.16. The number of hydrogen-bond donors (Lipinski definition) is 1. The third-order valence-electron chi connectivity index (χ3n) is 1.25. The van der Waals surface area contributed by atoms with Crippen LogP contribution in [0, 0.1) is 0 Å². The highest BCUT2D eigenvalue weighted by molar-refractivity contribution is 5.79. The second kappa shape index (κ2) is 3.61. The lowest BCUT2D eigenvalue weighted by atomic mass is 10.2. The first-order valence-corrected chi connectivity index (χ1v) is 3.11. The molecule has 1 aromatic carbocycles. The molecule has 0 saturated carbocycles. The molecular weight excluding hydrogens is 142 g/mol. The van der Waals surface area contributed by atoms with Crippen molar-refractivity contribution in [3.8, 4) is 5.75 Å². The summed E-state index contributed by atoms with van der Waals surface area (Å²) in [5.74, 6) is 0.721. The van der Waals surface area contributed by atoms with Crippen LogP contribution in [-0.4, -0.2) is 18.5 Å². The molecule has 1 N–H and O–H groups in total. The van der Waals surface area contributed by atoms with Crippen molar-refractivity contribution < 1.29 is 9.94 Å². The molecule has 0 aromatic heterocycles. The Labute approximate surface area is 64.9 Å². The van der Waals surface area contributed by atoms with Crippen molar-refractivity contribution in [1.82, 2.24) is 0 Å². The van der Waals surface area contributed by atoms with E-state index in [1.165, 1.54) is 0 Å². The van der Waals surface area contributed by atoms with Crippen LogP contribution in [0.4, 0.5) is 0 Å². The van der Waals surface area contributed by atoms with Crippen LogP contribution in [0.15, 0.2) is 29.4 Å². The van der Waals surface area contributed by atoms with Gasteiger partial charge in [0.2, 0.25) is 0 Å². The quantitative estimate of drug-likeness (QED) is 0.393. The molecule has 0 aliphatic rings. The molecule has 0 aliphatic carbocycles. The van der Waals surface area contributed by atoms with Gasteiger partial charge < -0.3 is 9.94 Å². The highest BCUT2D eigenvalue weighted by atomic mass is 16.5. The van der Waals surface area contributed by atoms with Crippen LogP contribution < -0.4 is 4.74 Å². The van der Waals surface area contributed by atoms with Crippen molar-refractivity contribution in [2.75, 3.05) is 7.11 Å². The smallest absolute Gasteiger partial charge is 0.139 e. The third-order valence-corrected chi connectivity index (χ3v) is 1.25. The summed E-state index contributed by atoms with van der Waals surface area (Å²) in [6, 6.07) is 7.09. The number of methoxy groups -OCH3 is 1. The van der Waals surface area contributed by atoms with Crippen LogP contribution in [-0.2, 0) is 0 Å². The molecule has 1 aromatic rings. The summed E-state index contributed by atoms with van der Waals surface area (Å²) < 4.78 is 4.94. The van der Waals surface area contributed by atoms with Crippen molar-refractivity contribution >= 4 is 6.21 Å². The van der Waals surface area contributed by atoms with E-state index in [0.717, 1.165) is 5.75 Å². The molecule has 0 heterocycles. The Balaban J connectivity index is 2.91. The molecule has 0 aliphatic heterocycles. The van der Waals surface area contributed by atoms with E-state index in [2.05, 4.69) is 11.4 Å². The molecule has 0 atom stereocenters. The topological polar surface area (TPSA) is 41.8 Å². The molecular formula is C8H8NO2. The lowest BCUT2D eigenvalue weighted by Gasteiger charge is -1.97. The van der Waals surface area contributed by atoms with E-state index in [1.54, 1.807) is 25.3 Å². The van der Waals surface area contributed by atoms with Crippen molar-refractivity contribution in [2.45, 2.75) is 0 Å². The van der Waals surface area contributed by atoms with Gasteiger partial charge in [-0.2, -0.15) is 0 Å². The normalized spacial score (nSPS) is 10.3. The molecule has 0 saturated heterocycles. The summed E-state index contributed by atoms with van der Waals surface area (Å²) in [6.07, 6.45) is 2.38. The van der Waals surface area contributed by atoms with Crippen molar-refractivity contribution in [2.24, 2.45) is 5.16 Å². The number of rotatable bonds is 2. The Morgan fingerprint density at radius 1 is 1.55 bits per heavy atom. The Morgan fingerprint density at radius 3 is 3.00 bits per heavy atom. The zero-order valence-corrected chi connectivity index (χ0v) is 6.11. The minimum Gasteiger partial charge on any atom is -0.497 e. The van der Waals surface area contributed by atoms with Crippen molar-refractivity contribution in [3.05, 3.63) is 29.8 Å². The Hall–Kier alpha value is -1.51. The summed E-state index contributed by atoms with van der Waals surface area (Å²) in [5.41, 5.74) is 0.687. The highest BCUT2D eigenvalue weighted by Gasteiger charge is 1.91. The molecule has 0 spiro atoms. The summed E-state index contributed by atoms with van der Waals surface area (Å²) in [6.45, 7) is 0. The Kier molecular flexibility index (Phi) is 2.49. The fourth-order valence-corrected chi connectivity index (χ4v) is 0.750. The predicted octanol–water partition coefficient (Wildman–Crippen LogP) is 1.38. The largest absolute Gasteiger partial charge is 0.497 e. The van der Waals surface area contributed by atoms with Crippen LogP contribution in [0.1, 0.15) is 5.56 Å². The van der Waals surface area contributed by atoms with Crippen LogP contribution in [0.3, 0.4) is 0 Å². The average molecular weight is 150 g/mol. The van der Waals surface area contributed by atoms with Gasteiger partial charge in [0.05, 0.1) is 7.11 Å². The number of nitrogens with zero attached hydrogens (tertiary/aromatic N) is 1. The molecule has 3 heteroatoms. The van der Waals surface area contributed by atoms with Gasteiger partial charge in [0.25, 0.3) is 0 Å². The molecule has 1 radical (unpaired) electrons. The molecule has 57 valence electrons. The molecule has 0 bridgehead atoms. The van der Waals surface area contributed by atoms with Gasteiger partial charge in [0.15, 0.2) is 0 Å². The summed E-state index contributed by atoms with van der Waals surface area (Å²) in [5, 5.41) is 10.9. The van der Waals surface area contributed by atoms with Gasteiger partial charge in [-0.3, -0.25) is 0 Å². The minimum absolute atomic E-state index is 0.687. The van der Waals surface area contributed by atoms with E-state index in [4.69, 9.17) is 9.94 Å². The lowest BCUT2D eigenvalue weighted by Crippen LogP contribution is -1.85. The van der Waals surface area contributed by atoms with Crippen molar-refractivity contribution in [3.63, 3.8) is 0 Å². The summed E-state index contributed by atoms with van der Waals surface area (Å²) in [4.78, 5) is 0. The fraction of sp³-hybridized carbons (Fsp3) is 0.125. The molecule has 1 rings (SSSR count). The average Bonchev–Trinajstić information content (AvgIpc) is 2.06. The summed E-state index contributed by atoms with van der Waals surface area (Å²) >= 11 is 0. The fourth-order valence-electron chi connectivity index (χ4n) is 0.750. The minimum atomic E-state index is 0.687. The maximum Gasteiger partial charge on any atom is 0.139 e. The van der Waals surface area contributed by atoms with E-state index in [0.29, 0.717) is 5.56 Å².